The van der Waals surface area contributed by atoms with Crippen LogP contribution >= 0.6 is 0 Å². The number of benzene rings is 1. The molecule has 1 aromatic carbocycles. The van der Waals surface area contributed by atoms with Crippen molar-refractivity contribution in [3.05, 3.63) is 59.9 Å². The number of pyridine rings is 1. The van der Waals surface area contributed by atoms with Gasteiger partial charge in [-0.2, -0.15) is 0 Å². The minimum Gasteiger partial charge on any atom is -0.493 e. The maximum atomic E-state index is 8.65. The fraction of sp³-hybridized carbons (Fsp3) is 0.235. The van der Waals surface area contributed by atoms with Crippen molar-refractivity contribution in [1.29, 1.82) is 0 Å². The molecular weight excluding hydrogens is 250 g/mol. The van der Waals surface area contributed by atoms with Gasteiger partial charge in [0.15, 0.2) is 0 Å². The Morgan fingerprint density at radius 2 is 1.80 bits per heavy atom. The largest absolute Gasteiger partial charge is 0.493 e. The highest BCUT2D eigenvalue weighted by atomic mass is 16.5. The molecule has 0 aliphatic heterocycles. The third-order valence-electron chi connectivity index (χ3n) is 2.73. The van der Waals surface area contributed by atoms with Crippen LogP contribution in [0.5, 0.6) is 5.75 Å². The van der Waals surface area contributed by atoms with Crippen molar-refractivity contribution in [3.8, 4) is 17.6 Å². The van der Waals surface area contributed by atoms with E-state index in [2.05, 4.69) is 16.8 Å². The van der Waals surface area contributed by atoms with E-state index in [0.29, 0.717) is 13.0 Å². The quantitative estimate of drug-likeness (QED) is 0.846. The van der Waals surface area contributed by atoms with E-state index in [-0.39, 0.29) is 6.61 Å². The van der Waals surface area contributed by atoms with Gasteiger partial charge in [-0.15, -0.1) is 0 Å². The number of aliphatic hydroxyl groups is 1. The van der Waals surface area contributed by atoms with Gasteiger partial charge in [0.1, 0.15) is 5.75 Å². The lowest BCUT2D eigenvalue weighted by molar-refractivity contribution is 0.305. The highest BCUT2D eigenvalue weighted by molar-refractivity contribution is 5.38. The number of ether oxygens (including phenoxy) is 1. The topological polar surface area (TPSA) is 42.4 Å². The van der Waals surface area contributed by atoms with E-state index in [1.165, 1.54) is 5.56 Å². The van der Waals surface area contributed by atoms with E-state index in [1.54, 1.807) is 12.4 Å². The molecule has 0 radical (unpaired) electrons. The van der Waals surface area contributed by atoms with E-state index in [9.17, 15) is 0 Å². The van der Waals surface area contributed by atoms with Gasteiger partial charge in [-0.3, -0.25) is 4.98 Å². The molecule has 0 aliphatic rings. The molecule has 1 aromatic heterocycles. The summed E-state index contributed by atoms with van der Waals surface area (Å²) in [6.07, 6.45) is 4.94. The number of aliphatic hydroxyl groups excluding tert-OH is 1. The zero-order valence-electron chi connectivity index (χ0n) is 11.2. The smallest absolute Gasteiger partial charge is 0.119 e. The Labute approximate surface area is 119 Å². The number of hydrogen-bond acceptors (Lipinski definition) is 3. The summed E-state index contributed by atoms with van der Waals surface area (Å²) in [6, 6.07) is 11.6. The summed E-state index contributed by atoms with van der Waals surface area (Å²) in [7, 11) is 0. The monoisotopic (exact) mass is 267 g/mol. The maximum Gasteiger partial charge on any atom is 0.119 e. The molecule has 0 amide bonds. The average Bonchev–Trinajstić information content (AvgIpc) is 2.50. The lowest BCUT2D eigenvalue weighted by Crippen LogP contribution is -2.01. The lowest BCUT2D eigenvalue weighted by atomic mass is 10.2. The summed E-state index contributed by atoms with van der Waals surface area (Å²) >= 11 is 0. The van der Waals surface area contributed by atoms with Gasteiger partial charge >= 0.3 is 0 Å². The Morgan fingerprint density at radius 1 is 1.05 bits per heavy atom. The maximum absolute atomic E-state index is 8.65. The Kier molecular flexibility index (Phi) is 5.63. The fourth-order valence-electron chi connectivity index (χ4n) is 1.69. The predicted molar refractivity (Wildman–Crippen MR) is 78.5 cm³/mol. The van der Waals surface area contributed by atoms with Crippen molar-refractivity contribution in [1.82, 2.24) is 4.98 Å². The zero-order valence-corrected chi connectivity index (χ0v) is 11.2. The van der Waals surface area contributed by atoms with Gasteiger partial charge in [0.05, 0.1) is 13.2 Å². The van der Waals surface area contributed by atoms with Crippen molar-refractivity contribution >= 4 is 0 Å². The van der Waals surface area contributed by atoms with Gasteiger partial charge in [0.25, 0.3) is 0 Å². The van der Waals surface area contributed by atoms with Crippen LogP contribution in [0.2, 0.25) is 0 Å². The molecule has 20 heavy (non-hydrogen) atoms. The third kappa shape index (κ3) is 4.75. The predicted octanol–water partition coefficient (Wildman–Crippen LogP) is 2.44. The Bertz CT molecular complexity index is 567. The molecule has 0 atom stereocenters. The molecule has 0 unspecified atom stereocenters. The molecule has 102 valence electrons. The van der Waals surface area contributed by atoms with Crippen LogP contribution in [0, 0.1) is 11.8 Å². The van der Waals surface area contributed by atoms with Gasteiger partial charge in [-0.25, -0.2) is 0 Å². The van der Waals surface area contributed by atoms with Gasteiger partial charge in [-0.1, -0.05) is 11.8 Å². The zero-order chi connectivity index (χ0) is 14.0. The first-order valence-corrected chi connectivity index (χ1v) is 6.60. The van der Waals surface area contributed by atoms with Gasteiger partial charge in [0.2, 0.25) is 0 Å². The van der Waals surface area contributed by atoms with Gasteiger partial charge in [-0.05, 0) is 42.0 Å². The number of aromatic nitrogens is 1. The molecule has 3 nitrogen and oxygen atoms in total. The molecule has 0 fully saturated rings. The lowest BCUT2D eigenvalue weighted by Gasteiger charge is -2.06. The first-order chi connectivity index (χ1) is 9.88. The van der Waals surface area contributed by atoms with E-state index in [4.69, 9.17) is 9.84 Å². The molecule has 0 saturated heterocycles. The Morgan fingerprint density at radius 3 is 2.50 bits per heavy atom. The van der Waals surface area contributed by atoms with Crippen LogP contribution in [0.25, 0.3) is 0 Å². The molecule has 0 bridgehead atoms. The van der Waals surface area contributed by atoms with E-state index < -0.39 is 0 Å². The van der Waals surface area contributed by atoms with Crippen molar-refractivity contribution < 1.29 is 9.84 Å². The Hall–Kier alpha value is -2.31. The molecule has 0 spiro atoms. The molecule has 0 saturated carbocycles. The number of hydrogen-bond donors (Lipinski definition) is 1. The van der Waals surface area contributed by atoms with Crippen LogP contribution in [0.15, 0.2) is 48.8 Å². The molecule has 2 aromatic rings. The second kappa shape index (κ2) is 7.98. The minimum absolute atomic E-state index is 0.100. The van der Waals surface area contributed by atoms with E-state index in [0.717, 1.165) is 17.7 Å². The van der Waals surface area contributed by atoms with E-state index >= 15 is 0 Å². The Balaban J connectivity index is 1.81. The van der Waals surface area contributed by atoms with Crippen LogP contribution in [-0.4, -0.2) is 23.3 Å². The van der Waals surface area contributed by atoms with E-state index in [1.807, 2.05) is 36.4 Å². The number of rotatable bonds is 5. The van der Waals surface area contributed by atoms with Gasteiger partial charge < -0.3 is 9.84 Å². The van der Waals surface area contributed by atoms with Crippen molar-refractivity contribution in [2.75, 3.05) is 13.2 Å². The van der Waals surface area contributed by atoms with Crippen LogP contribution in [0.3, 0.4) is 0 Å². The molecule has 2 rings (SSSR count). The molecule has 0 aliphatic carbocycles. The summed E-state index contributed by atoms with van der Waals surface area (Å²) in [5.74, 6) is 6.71. The first kappa shape index (κ1) is 14.1. The van der Waals surface area contributed by atoms with Gasteiger partial charge in [0, 0.05) is 30.8 Å². The second-order valence-corrected chi connectivity index (χ2v) is 4.25. The highest BCUT2D eigenvalue weighted by Gasteiger charge is 1.95. The standard InChI is InChI=1S/C17H17NO2/c19-13-2-1-3-15-4-6-17(7-5-15)20-14-10-16-8-11-18-12-9-16/h4-9,11-12,19H,2,10,13-14H2. The summed E-state index contributed by atoms with van der Waals surface area (Å²) in [4.78, 5) is 3.98. The highest BCUT2D eigenvalue weighted by Crippen LogP contribution is 2.12. The van der Waals surface area contributed by atoms with Crippen molar-refractivity contribution in [2.45, 2.75) is 12.8 Å². The van der Waals surface area contributed by atoms with Crippen LogP contribution in [0.1, 0.15) is 17.5 Å². The summed E-state index contributed by atoms with van der Waals surface area (Å²) in [5.41, 5.74) is 2.14. The number of nitrogens with zero attached hydrogens (tertiary/aromatic N) is 1. The summed E-state index contributed by atoms with van der Waals surface area (Å²) < 4.78 is 5.68. The molecular formula is C17H17NO2. The second-order valence-electron chi connectivity index (χ2n) is 4.25. The molecule has 1 N–H and O–H groups in total. The summed E-state index contributed by atoms with van der Waals surface area (Å²) in [5, 5.41) is 8.65. The fourth-order valence-corrected chi connectivity index (χ4v) is 1.69. The summed E-state index contributed by atoms with van der Waals surface area (Å²) in [6.45, 7) is 0.739. The third-order valence-corrected chi connectivity index (χ3v) is 2.73. The molecule has 3 heteroatoms. The van der Waals surface area contributed by atoms with Crippen LogP contribution in [-0.2, 0) is 6.42 Å². The SMILES string of the molecule is OCCC#Cc1ccc(OCCc2ccncc2)cc1. The van der Waals surface area contributed by atoms with Crippen LogP contribution < -0.4 is 4.74 Å². The first-order valence-electron chi connectivity index (χ1n) is 6.60. The average molecular weight is 267 g/mol. The minimum atomic E-state index is 0.100. The van der Waals surface area contributed by atoms with Crippen LogP contribution in [0.4, 0.5) is 0 Å². The van der Waals surface area contributed by atoms with Crippen molar-refractivity contribution in [3.63, 3.8) is 0 Å². The van der Waals surface area contributed by atoms with Crippen molar-refractivity contribution in [2.24, 2.45) is 0 Å². The molecule has 1 heterocycles. The normalized spacial score (nSPS) is 9.65.